The maximum atomic E-state index is 10.9. The van der Waals surface area contributed by atoms with Gasteiger partial charge in [-0.15, -0.1) is 0 Å². The van der Waals surface area contributed by atoms with Crippen molar-refractivity contribution >= 4 is 5.91 Å². The van der Waals surface area contributed by atoms with Crippen LogP contribution in [0.25, 0.3) is 0 Å². The standard InChI is InChI=1S/C16H25NO/c1-12(17-13(2)18)6-7-14-8-10-15(11-9-14)16(3,4)5/h8-12H,6-7H2,1-5H3,(H,17,18). The van der Waals surface area contributed by atoms with E-state index in [-0.39, 0.29) is 17.4 Å². The average Bonchev–Trinajstić information content (AvgIpc) is 2.25. The molecule has 0 fully saturated rings. The third-order valence-corrected chi connectivity index (χ3v) is 3.14. The molecule has 1 unspecified atom stereocenters. The highest BCUT2D eigenvalue weighted by Gasteiger charge is 2.12. The van der Waals surface area contributed by atoms with E-state index in [9.17, 15) is 4.79 Å². The number of benzene rings is 1. The van der Waals surface area contributed by atoms with Crippen molar-refractivity contribution in [3.05, 3.63) is 35.4 Å². The van der Waals surface area contributed by atoms with Crippen LogP contribution in [-0.2, 0) is 16.6 Å². The minimum Gasteiger partial charge on any atom is -0.354 e. The molecule has 0 saturated heterocycles. The van der Waals surface area contributed by atoms with Crippen LogP contribution in [0.4, 0.5) is 0 Å². The number of aryl methyl sites for hydroxylation is 1. The summed E-state index contributed by atoms with van der Waals surface area (Å²) in [5, 5.41) is 2.91. The molecule has 1 atom stereocenters. The van der Waals surface area contributed by atoms with E-state index < -0.39 is 0 Å². The van der Waals surface area contributed by atoms with Crippen LogP contribution < -0.4 is 5.32 Å². The summed E-state index contributed by atoms with van der Waals surface area (Å²) in [5.41, 5.74) is 2.91. The van der Waals surface area contributed by atoms with Gasteiger partial charge in [0.1, 0.15) is 0 Å². The monoisotopic (exact) mass is 247 g/mol. The molecule has 0 aromatic heterocycles. The predicted octanol–water partition coefficient (Wildman–Crippen LogP) is 3.44. The van der Waals surface area contributed by atoms with Gasteiger partial charge >= 0.3 is 0 Å². The zero-order valence-corrected chi connectivity index (χ0v) is 12.2. The van der Waals surface area contributed by atoms with E-state index >= 15 is 0 Å². The molecule has 2 heteroatoms. The molecule has 1 aromatic carbocycles. The zero-order chi connectivity index (χ0) is 13.8. The Bertz CT molecular complexity index is 387. The van der Waals surface area contributed by atoms with Gasteiger partial charge in [-0.3, -0.25) is 4.79 Å². The van der Waals surface area contributed by atoms with Crippen molar-refractivity contribution in [2.75, 3.05) is 0 Å². The summed E-state index contributed by atoms with van der Waals surface area (Å²) >= 11 is 0. The van der Waals surface area contributed by atoms with Crippen LogP contribution in [0.3, 0.4) is 0 Å². The molecule has 0 spiro atoms. The van der Waals surface area contributed by atoms with Gasteiger partial charge in [0.25, 0.3) is 0 Å². The molecule has 1 aromatic rings. The van der Waals surface area contributed by atoms with E-state index in [0.29, 0.717) is 0 Å². The molecular formula is C16H25NO. The molecule has 0 saturated carbocycles. The molecule has 2 nitrogen and oxygen atoms in total. The molecule has 100 valence electrons. The zero-order valence-electron chi connectivity index (χ0n) is 12.2. The lowest BCUT2D eigenvalue weighted by Gasteiger charge is -2.19. The van der Waals surface area contributed by atoms with Crippen LogP contribution in [0.15, 0.2) is 24.3 Å². The molecule has 0 aliphatic rings. The second-order valence-electron chi connectivity index (χ2n) is 6.09. The van der Waals surface area contributed by atoms with Gasteiger partial charge in [-0.05, 0) is 36.3 Å². The molecular weight excluding hydrogens is 222 g/mol. The highest BCUT2D eigenvalue weighted by Crippen LogP contribution is 2.22. The van der Waals surface area contributed by atoms with Gasteiger partial charge in [0, 0.05) is 13.0 Å². The smallest absolute Gasteiger partial charge is 0.217 e. The molecule has 0 bridgehead atoms. The molecule has 1 N–H and O–H groups in total. The summed E-state index contributed by atoms with van der Waals surface area (Å²) in [5.74, 6) is 0.0468. The van der Waals surface area contributed by atoms with E-state index in [1.165, 1.54) is 11.1 Å². The molecule has 0 radical (unpaired) electrons. The average molecular weight is 247 g/mol. The van der Waals surface area contributed by atoms with Crippen molar-refractivity contribution in [1.29, 1.82) is 0 Å². The Labute approximate surface area is 111 Å². The van der Waals surface area contributed by atoms with Gasteiger partial charge in [-0.2, -0.15) is 0 Å². The fourth-order valence-electron chi connectivity index (χ4n) is 1.97. The van der Waals surface area contributed by atoms with Gasteiger partial charge < -0.3 is 5.32 Å². The minimum absolute atomic E-state index is 0.0468. The lowest BCUT2D eigenvalue weighted by Crippen LogP contribution is -2.30. The van der Waals surface area contributed by atoms with Gasteiger partial charge in [-0.25, -0.2) is 0 Å². The molecule has 0 heterocycles. The molecule has 1 rings (SSSR count). The first-order chi connectivity index (χ1) is 8.29. The maximum Gasteiger partial charge on any atom is 0.217 e. The number of rotatable bonds is 4. The van der Waals surface area contributed by atoms with Crippen LogP contribution in [0, 0.1) is 0 Å². The normalized spacial score (nSPS) is 13.2. The lowest BCUT2D eigenvalue weighted by molar-refractivity contribution is -0.119. The number of carbonyl (C=O) groups is 1. The van der Waals surface area contributed by atoms with E-state index in [0.717, 1.165) is 12.8 Å². The highest BCUT2D eigenvalue weighted by molar-refractivity contribution is 5.73. The van der Waals surface area contributed by atoms with E-state index in [1.807, 2.05) is 6.92 Å². The number of hydrogen-bond acceptors (Lipinski definition) is 1. The summed E-state index contributed by atoms with van der Waals surface area (Å²) < 4.78 is 0. The summed E-state index contributed by atoms with van der Waals surface area (Å²) in [6, 6.07) is 9.05. The number of hydrogen-bond donors (Lipinski definition) is 1. The maximum absolute atomic E-state index is 10.9. The molecule has 0 aliphatic carbocycles. The van der Waals surface area contributed by atoms with Crippen molar-refractivity contribution in [2.24, 2.45) is 0 Å². The largest absolute Gasteiger partial charge is 0.354 e. The van der Waals surface area contributed by atoms with E-state index in [2.05, 4.69) is 50.4 Å². The quantitative estimate of drug-likeness (QED) is 0.867. The van der Waals surface area contributed by atoms with Crippen LogP contribution in [0.1, 0.15) is 52.2 Å². The van der Waals surface area contributed by atoms with Crippen LogP contribution in [-0.4, -0.2) is 11.9 Å². The molecule has 0 aliphatic heterocycles. The van der Waals surface area contributed by atoms with Crippen molar-refractivity contribution in [3.8, 4) is 0 Å². The summed E-state index contributed by atoms with van der Waals surface area (Å²) in [7, 11) is 0. The van der Waals surface area contributed by atoms with Crippen LogP contribution in [0.2, 0.25) is 0 Å². The summed E-state index contributed by atoms with van der Waals surface area (Å²) in [4.78, 5) is 10.9. The first-order valence-corrected chi connectivity index (χ1v) is 6.65. The molecule has 1 amide bonds. The Kier molecular flexibility index (Phi) is 4.94. The number of amides is 1. The Morgan fingerprint density at radius 2 is 1.78 bits per heavy atom. The highest BCUT2D eigenvalue weighted by atomic mass is 16.1. The second-order valence-corrected chi connectivity index (χ2v) is 6.09. The Hall–Kier alpha value is -1.31. The van der Waals surface area contributed by atoms with Crippen molar-refractivity contribution in [2.45, 2.75) is 58.9 Å². The lowest BCUT2D eigenvalue weighted by atomic mass is 9.86. The van der Waals surface area contributed by atoms with E-state index in [1.54, 1.807) is 6.92 Å². The van der Waals surface area contributed by atoms with Crippen molar-refractivity contribution in [3.63, 3.8) is 0 Å². The topological polar surface area (TPSA) is 29.1 Å². The second kappa shape index (κ2) is 6.03. The van der Waals surface area contributed by atoms with Crippen LogP contribution >= 0.6 is 0 Å². The Balaban J connectivity index is 2.52. The fraction of sp³-hybridized carbons (Fsp3) is 0.562. The first kappa shape index (κ1) is 14.7. The van der Waals surface area contributed by atoms with E-state index in [4.69, 9.17) is 0 Å². The van der Waals surface area contributed by atoms with Crippen LogP contribution in [0.5, 0.6) is 0 Å². The molecule has 18 heavy (non-hydrogen) atoms. The SMILES string of the molecule is CC(=O)NC(C)CCc1ccc(C(C)(C)C)cc1. The van der Waals surface area contributed by atoms with Crippen molar-refractivity contribution in [1.82, 2.24) is 5.32 Å². The van der Waals surface area contributed by atoms with Gasteiger partial charge in [0.15, 0.2) is 0 Å². The number of carbonyl (C=O) groups excluding carboxylic acids is 1. The van der Waals surface area contributed by atoms with Crippen molar-refractivity contribution < 1.29 is 4.79 Å². The van der Waals surface area contributed by atoms with Gasteiger partial charge in [-0.1, -0.05) is 45.0 Å². The third-order valence-electron chi connectivity index (χ3n) is 3.14. The predicted molar refractivity (Wildman–Crippen MR) is 76.7 cm³/mol. The number of nitrogens with one attached hydrogen (secondary N) is 1. The third kappa shape index (κ3) is 4.91. The Morgan fingerprint density at radius 3 is 2.22 bits per heavy atom. The first-order valence-electron chi connectivity index (χ1n) is 6.65. The fourth-order valence-corrected chi connectivity index (χ4v) is 1.97. The van der Waals surface area contributed by atoms with Gasteiger partial charge in [0.2, 0.25) is 5.91 Å². The summed E-state index contributed by atoms with van der Waals surface area (Å²) in [6.45, 7) is 10.3. The Morgan fingerprint density at radius 1 is 1.22 bits per heavy atom. The van der Waals surface area contributed by atoms with Gasteiger partial charge in [0.05, 0.1) is 0 Å². The minimum atomic E-state index is 0.0468. The summed E-state index contributed by atoms with van der Waals surface area (Å²) in [6.07, 6.45) is 1.99.